The van der Waals surface area contributed by atoms with Gasteiger partial charge in [0.15, 0.2) is 0 Å². The number of hydrogen-bond donors (Lipinski definition) is 1. The van der Waals surface area contributed by atoms with E-state index < -0.39 is 23.6 Å². The van der Waals surface area contributed by atoms with Crippen molar-refractivity contribution >= 4 is 34.8 Å². The zero-order chi connectivity index (χ0) is 21.2. The van der Waals surface area contributed by atoms with Gasteiger partial charge in [0, 0.05) is 18.7 Å². The average Bonchev–Trinajstić information content (AvgIpc) is 3.05. The van der Waals surface area contributed by atoms with Crippen molar-refractivity contribution in [2.24, 2.45) is 5.92 Å². The lowest BCUT2D eigenvalue weighted by Crippen LogP contribution is -2.28. The Balaban J connectivity index is 1.71. The summed E-state index contributed by atoms with van der Waals surface area (Å²) in [5.74, 6) is -0.853. The molecule has 0 bridgehead atoms. The molecule has 0 aliphatic carbocycles. The van der Waals surface area contributed by atoms with Crippen LogP contribution in [0.15, 0.2) is 42.5 Å². The van der Waals surface area contributed by atoms with Crippen LogP contribution in [0.5, 0.6) is 5.75 Å². The smallest absolute Gasteiger partial charge is 0.416 e. The number of alkyl halides is 3. The van der Waals surface area contributed by atoms with Crippen LogP contribution in [-0.2, 0) is 15.8 Å². The molecule has 1 fully saturated rings. The van der Waals surface area contributed by atoms with Crippen LogP contribution < -0.4 is 15.0 Å². The van der Waals surface area contributed by atoms with Crippen molar-refractivity contribution in [1.29, 1.82) is 0 Å². The van der Waals surface area contributed by atoms with Crippen molar-refractivity contribution in [3.63, 3.8) is 0 Å². The summed E-state index contributed by atoms with van der Waals surface area (Å²) in [4.78, 5) is 26.4. The number of carbonyl (C=O) groups excluding carboxylic acids is 2. The number of carbonyl (C=O) groups is 2. The zero-order valence-corrected chi connectivity index (χ0v) is 16.2. The fourth-order valence-corrected chi connectivity index (χ4v) is 3.22. The molecule has 1 atom stereocenters. The molecular formula is C20H18ClF3N2O3. The predicted molar refractivity (Wildman–Crippen MR) is 103 cm³/mol. The van der Waals surface area contributed by atoms with Gasteiger partial charge in [-0.3, -0.25) is 9.59 Å². The molecule has 2 aromatic carbocycles. The summed E-state index contributed by atoms with van der Waals surface area (Å²) in [6.45, 7) is 2.50. The number of nitrogens with zero attached hydrogens (tertiary/aromatic N) is 1. The quantitative estimate of drug-likeness (QED) is 0.750. The summed E-state index contributed by atoms with van der Waals surface area (Å²) in [6.07, 6.45) is -4.60. The highest BCUT2D eigenvalue weighted by atomic mass is 35.5. The fourth-order valence-electron chi connectivity index (χ4n) is 3.05. The first-order valence-corrected chi connectivity index (χ1v) is 9.27. The van der Waals surface area contributed by atoms with E-state index in [1.165, 1.54) is 4.90 Å². The van der Waals surface area contributed by atoms with E-state index in [9.17, 15) is 22.8 Å². The molecule has 1 aliphatic heterocycles. The second-order valence-electron chi connectivity index (χ2n) is 6.51. The van der Waals surface area contributed by atoms with Crippen LogP contribution in [0, 0.1) is 5.92 Å². The maximum atomic E-state index is 12.9. The molecule has 0 saturated carbocycles. The molecule has 29 heavy (non-hydrogen) atoms. The van der Waals surface area contributed by atoms with Gasteiger partial charge < -0.3 is 15.0 Å². The van der Waals surface area contributed by atoms with Crippen molar-refractivity contribution in [2.75, 3.05) is 23.4 Å². The van der Waals surface area contributed by atoms with Crippen LogP contribution in [0.2, 0.25) is 5.02 Å². The summed E-state index contributed by atoms with van der Waals surface area (Å²) in [5.41, 5.74) is -0.444. The summed E-state index contributed by atoms with van der Waals surface area (Å²) in [5, 5.41) is 2.40. The van der Waals surface area contributed by atoms with Gasteiger partial charge in [-0.15, -0.1) is 0 Å². The van der Waals surface area contributed by atoms with Crippen molar-refractivity contribution in [2.45, 2.75) is 19.5 Å². The van der Waals surface area contributed by atoms with Crippen LogP contribution in [0.4, 0.5) is 24.5 Å². The molecule has 1 N–H and O–H groups in total. The Labute approximate surface area is 170 Å². The van der Waals surface area contributed by atoms with Crippen LogP contribution in [0.25, 0.3) is 0 Å². The largest absolute Gasteiger partial charge is 0.494 e. The third kappa shape index (κ3) is 4.82. The van der Waals surface area contributed by atoms with Gasteiger partial charge in [-0.25, -0.2) is 0 Å². The molecule has 0 unspecified atom stereocenters. The highest BCUT2D eigenvalue weighted by Crippen LogP contribution is 2.34. The van der Waals surface area contributed by atoms with Gasteiger partial charge >= 0.3 is 6.18 Å². The van der Waals surface area contributed by atoms with E-state index in [1.807, 2.05) is 6.92 Å². The van der Waals surface area contributed by atoms with Crippen LogP contribution in [-0.4, -0.2) is 25.0 Å². The lowest BCUT2D eigenvalue weighted by molar-refractivity contribution is -0.137. The van der Waals surface area contributed by atoms with E-state index in [4.69, 9.17) is 16.3 Å². The zero-order valence-electron chi connectivity index (χ0n) is 15.4. The first-order valence-electron chi connectivity index (χ1n) is 8.90. The van der Waals surface area contributed by atoms with Gasteiger partial charge in [-0.1, -0.05) is 11.6 Å². The first kappa shape index (κ1) is 21.0. The van der Waals surface area contributed by atoms with Gasteiger partial charge in [0.25, 0.3) is 0 Å². The number of halogens is 4. The molecule has 1 heterocycles. The van der Waals surface area contributed by atoms with E-state index in [2.05, 4.69) is 5.32 Å². The number of nitrogens with one attached hydrogen (secondary N) is 1. The van der Waals surface area contributed by atoms with E-state index in [0.717, 1.165) is 18.2 Å². The van der Waals surface area contributed by atoms with Crippen molar-refractivity contribution in [3.05, 3.63) is 53.1 Å². The van der Waals surface area contributed by atoms with Crippen LogP contribution in [0.1, 0.15) is 18.9 Å². The second-order valence-corrected chi connectivity index (χ2v) is 6.92. The number of benzene rings is 2. The van der Waals surface area contributed by atoms with Gasteiger partial charge in [0.1, 0.15) is 5.75 Å². The molecule has 5 nitrogen and oxygen atoms in total. The molecular weight excluding hydrogens is 409 g/mol. The van der Waals surface area contributed by atoms with Crippen molar-refractivity contribution in [3.8, 4) is 5.75 Å². The number of hydrogen-bond acceptors (Lipinski definition) is 3. The third-order valence-corrected chi connectivity index (χ3v) is 4.84. The highest BCUT2D eigenvalue weighted by Gasteiger charge is 2.36. The van der Waals surface area contributed by atoms with Gasteiger partial charge in [-0.2, -0.15) is 13.2 Å². The Kier molecular flexibility index (Phi) is 6.02. The topological polar surface area (TPSA) is 58.6 Å². The minimum atomic E-state index is -4.56. The summed E-state index contributed by atoms with van der Waals surface area (Å²) in [6, 6.07) is 9.57. The molecule has 2 aromatic rings. The van der Waals surface area contributed by atoms with Gasteiger partial charge in [0.2, 0.25) is 11.8 Å². The SMILES string of the molecule is CCOc1ccc(N2C[C@H](C(=O)Nc3cc(C(F)(F)F)ccc3Cl)CC2=O)cc1. The van der Waals surface area contributed by atoms with Crippen molar-refractivity contribution in [1.82, 2.24) is 0 Å². The number of ether oxygens (including phenoxy) is 1. The molecule has 9 heteroatoms. The minimum Gasteiger partial charge on any atom is -0.494 e. The van der Waals surface area contributed by atoms with E-state index >= 15 is 0 Å². The fraction of sp³-hybridized carbons (Fsp3) is 0.300. The Morgan fingerprint density at radius 3 is 2.55 bits per heavy atom. The standard InChI is InChI=1S/C20H18ClF3N2O3/c1-2-29-15-6-4-14(5-7-15)26-11-12(9-18(26)27)19(28)25-17-10-13(20(22,23)24)3-8-16(17)21/h3-8,10,12H,2,9,11H2,1H3,(H,25,28)/t12-/m1/s1. The molecule has 0 radical (unpaired) electrons. The maximum absolute atomic E-state index is 12.9. The van der Waals surface area contributed by atoms with Gasteiger partial charge in [-0.05, 0) is 49.4 Å². The summed E-state index contributed by atoms with van der Waals surface area (Å²) >= 11 is 5.92. The van der Waals surface area contributed by atoms with E-state index in [-0.39, 0.29) is 29.6 Å². The predicted octanol–water partition coefficient (Wildman–Crippen LogP) is 4.75. The Hall–Kier alpha value is -2.74. The Bertz CT molecular complexity index is 916. The molecule has 2 amide bonds. The summed E-state index contributed by atoms with van der Waals surface area (Å²) < 4.78 is 44.0. The normalized spacial score (nSPS) is 16.8. The third-order valence-electron chi connectivity index (χ3n) is 4.51. The van der Waals surface area contributed by atoms with Crippen molar-refractivity contribution < 1.29 is 27.5 Å². The lowest BCUT2D eigenvalue weighted by Gasteiger charge is -2.17. The minimum absolute atomic E-state index is 0.0148. The molecule has 154 valence electrons. The van der Waals surface area contributed by atoms with Crippen LogP contribution in [0.3, 0.4) is 0 Å². The van der Waals surface area contributed by atoms with Gasteiger partial charge in [0.05, 0.1) is 28.8 Å². The maximum Gasteiger partial charge on any atom is 0.416 e. The second kappa shape index (κ2) is 8.32. The van der Waals surface area contributed by atoms with E-state index in [0.29, 0.717) is 18.0 Å². The number of rotatable bonds is 5. The molecule has 0 spiro atoms. The number of amides is 2. The monoisotopic (exact) mass is 426 g/mol. The average molecular weight is 427 g/mol. The molecule has 3 rings (SSSR count). The first-order chi connectivity index (χ1) is 13.7. The Morgan fingerprint density at radius 2 is 1.93 bits per heavy atom. The van der Waals surface area contributed by atoms with E-state index in [1.54, 1.807) is 24.3 Å². The number of anilines is 2. The lowest BCUT2D eigenvalue weighted by atomic mass is 10.1. The van der Waals surface area contributed by atoms with Crippen LogP contribution >= 0.6 is 11.6 Å². The molecule has 0 aromatic heterocycles. The Morgan fingerprint density at radius 1 is 1.24 bits per heavy atom. The summed E-state index contributed by atoms with van der Waals surface area (Å²) in [7, 11) is 0. The molecule has 1 aliphatic rings. The highest BCUT2D eigenvalue weighted by molar-refractivity contribution is 6.33. The molecule has 1 saturated heterocycles.